The number of aromatic nitrogens is 1. The number of anilines is 1. The fourth-order valence-corrected chi connectivity index (χ4v) is 2.89. The van der Waals surface area contributed by atoms with E-state index in [1.54, 1.807) is 12.4 Å². The van der Waals surface area contributed by atoms with Crippen molar-refractivity contribution >= 4 is 11.6 Å². The number of hydrogen-bond acceptors (Lipinski definition) is 3. The molecule has 1 amide bonds. The molecule has 2 atom stereocenters. The summed E-state index contributed by atoms with van der Waals surface area (Å²) in [5.41, 5.74) is 1.50. The molecule has 19 heavy (non-hydrogen) atoms. The fraction of sp³-hybridized carbons (Fsp3) is 0.600. The largest absolute Gasteiger partial charge is 0.387 e. The van der Waals surface area contributed by atoms with Gasteiger partial charge in [0.25, 0.3) is 5.91 Å². The molecule has 0 aliphatic heterocycles. The summed E-state index contributed by atoms with van der Waals surface area (Å²) in [6, 6.07) is 2.20. The molecule has 1 aromatic rings. The summed E-state index contributed by atoms with van der Waals surface area (Å²) in [5.74, 6) is 0.781. The highest BCUT2D eigenvalue weighted by atomic mass is 16.2. The molecule has 1 aliphatic carbocycles. The minimum Gasteiger partial charge on any atom is -0.387 e. The number of carbonyl (C=O) groups is 1. The van der Waals surface area contributed by atoms with E-state index in [4.69, 9.17) is 0 Å². The van der Waals surface area contributed by atoms with Gasteiger partial charge in [-0.15, -0.1) is 0 Å². The van der Waals surface area contributed by atoms with Gasteiger partial charge in [-0.05, 0) is 24.8 Å². The zero-order chi connectivity index (χ0) is 13.8. The topological polar surface area (TPSA) is 45.2 Å². The number of hydrogen-bond donors (Lipinski definition) is 1. The van der Waals surface area contributed by atoms with Crippen molar-refractivity contribution in [3.8, 4) is 0 Å². The highest BCUT2D eigenvalue weighted by molar-refractivity contribution is 5.99. The van der Waals surface area contributed by atoms with E-state index in [1.807, 2.05) is 25.1 Å². The molecule has 4 heteroatoms. The second kappa shape index (κ2) is 6.04. The molecule has 4 nitrogen and oxygen atoms in total. The Bertz CT molecular complexity index is 447. The summed E-state index contributed by atoms with van der Waals surface area (Å²) in [7, 11) is 3.74. The van der Waals surface area contributed by atoms with Crippen LogP contribution in [0.4, 0.5) is 5.69 Å². The van der Waals surface area contributed by atoms with Gasteiger partial charge >= 0.3 is 0 Å². The molecule has 0 saturated heterocycles. The average molecular weight is 261 g/mol. The van der Waals surface area contributed by atoms with Gasteiger partial charge in [-0.3, -0.25) is 9.78 Å². The maximum absolute atomic E-state index is 12.6. The van der Waals surface area contributed by atoms with Crippen LogP contribution in [0.1, 0.15) is 43.0 Å². The predicted molar refractivity (Wildman–Crippen MR) is 77.3 cm³/mol. The Morgan fingerprint density at radius 3 is 2.95 bits per heavy atom. The third-order valence-corrected chi connectivity index (χ3v) is 4.10. The van der Waals surface area contributed by atoms with E-state index >= 15 is 0 Å². The van der Waals surface area contributed by atoms with Gasteiger partial charge in [0.1, 0.15) is 0 Å². The maximum Gasteiger partial charge on any atom is 0.257 e. The van der Waals surface area contributed by atoms with Crippen LogP contribution in [-0.2, 0) is 0 Å². The van der Waals surface area contributed by atoms with Gasteiger partial charge < -0.3 is 10.2 Å². The van der Waals surface area contributed by atoms with Gasteiger partial charge in [-0.2, -0.15) is 0 Å². The zero-order valence-electron chi connectivity index (χ0n) is 12.0. The molecule has 1 saturated carbocycles. The molecule has 1 heterocycles. The van der Waals surface area contributed by atoms with E-state index in [9.17, 15) is 4.79 Å². The Morgan fingerprint density at radius 1 is 1.47 bits per heavy atom. The quantitative estimate of drug-likeness (QED) is 0.910. The monoisotopic (exact) mass is 261 g/mol. The number of pyridine rings is 1. The second-order valence-electron chi connectivity index (χ2n) is 5.51. The first-order valence-electron chi connectivity index (χ1n) is 7.02. The number of rotatable bonds is 3. The van der Waals surface area contributed by atoms with E-state index in [0.717, 1.165) is 18.5 Å². The average Bonchev–Trinajstić information content (AvgIpc) is 2.45. The van der Waals surface area contributed by atoms with Crippen molar-refractivity contribution in [3.05, 3.63) is 24.0 Å². The Hall–Kier alpha value is -1.58. The number of nitrogens with one attached hydrogen (secondary N) is 1. The number of nitrogens with zero attached hydrogens (tertiary/aromatic N) is 2. The summed E-state index contributed by atoms with van der Waals surface area (Å²) < 4.78 is 0. The van der Waals surface area contributed by atoms with Crippen molar-refractivity contribution in [1.82, 2.24) is 9.88 Å². The van der Waals surface area contributed by atoms with Gasteiger partial charge in [-0.25, -0.2) is 0 Å². The molecule has 1 fully saturated rings. The summed E-state index contributed by atoms with van der Waals surface area (Å²) >= 11 is 0. The third kappa shape index (κ3) is 3.06. The van der Waals surface area contributed by atoms with Gasteiger partial charge in [0.15, 0.2) is 0 Å². The molecule has 2 unspecified atom stereocenters. The van der Waals surface area contributed by atoms with Crippen LogP contribution in [0.25, 0.3) is 0 Å². The van der Waals surface area contributed by atoms with Crippen molar-refractivity contribution in [2.75, 3.05) is 19.4 Å². The first-order valence-corrected chi connectivity index (χ1v) is 7.02. The smallest absolute Gasteiger partial charge is 0.257 e. The first kappa shape index (κ1) is 13.8. The van der Waals surface area contributed by atoms with Crippen LogP contribution >= 0.6 is 0 Å². The summed E-state index contributed by atoms with van der Waals surface area (Å²) in [5, 5.41) is 3.06. The highest BCUT2D eigenvalue weighted by Gasteiger charge is 2.27. The Labute approximate surface area is 115 Å². The van der Waals surface area contributed by atoms with Gasteiger partial charge in [-0.1, -0.05) is 19.8 Å². The summed E-state index contributed by atoms with van der Waals surface area (Å²) in [4.78, 5) is 18.5. The molecule has 0 radical (unpaired) electrons. The lowest BCUT2D eigenvalue weighted by Crippen LogP contribution is -2.40. The first-order chi connectivity index (χ1) is 9.13. The van der Waals surface area contributed by atoms with Crippen molar-refractivity contribution < 1.29 is 4.79 Å². The third-order valence-electron chi connectivity index (χ3n) is 4.10. The minimum atomic E-state index is 0.0663. The van der Waals surface area contributed by atoms with Crippen LogP contribution < -0.4 is 5.32 Å². The SMILES string of the molecule is CNc1ccncc1C(=O)N(C)C1CCCC(C)C1. The number of carbonyl (C=O) groups excluding carboxylic acids is 1. The molecule has 1 aliphatic rings. The van der Waals surface area contributed by atoms with E-state index in [-0.39, 0.29) is 5.91 Å². The van der Waals surface area contributed by atoms with Crippen molar-refractivity contribution in [2.24, 2.45) is 5.92 Å². The van der Waals surface area contributed by atoms with Gasteiger partial charge in [0, 0.05) is 38.2 Å². The standard InChI is InChI=1S/C15H23N3O/c1-11-5-4-6-12(9-11)18(3)15(19)13-10-17-8-7-14(13)16-2/h7-8,10-12H,4-6,9H2,1-3H3,(H,16,17). The zero-order valence-corrected chi connectivity index (χ0v) is 12.0. The normalized spacial score (nSPS) is 22.9. The van der Waals surface area contributed by atoms with E-state index in [0.29, 0.717) is 17.5 Å². The lowest BCUT2D eigenvalue weighted by molar-refractivity contribution is 0.0673. The van der Waals surface area contributed by atoms with Crippen molar-refractivity contribution in [3.63, 3.8) is 0 Å². The molecule has 1 aromatic heterocycles. The van der Waals surface area contributed by atoms with Crippen LogP contribution in [0, 0.1) is 5.92 Å². The second-order valence-corrected chi connectivity index (χ2v) is 5.51. The molecule has 104 valence electrons. The molecule has 0 aromatic carbocycles. The maximum atomic E-state index is 12.6. The van der Waals surface area contributed by atoms with E-state index in [1.165, 1.54) is 12.8 Å². The summed E-state index contributed by atoms with van der Waals surface area (Å²) in [6.45, 7) is 2.27. The molecule has 1 N–H and O–H groups in total. The molecular formula is C15H23N3O. The lowest BCUT2D eigenvalue weighted by atomic mass is 9.86. The fourth-order valence-electron chi connectivity index (χ4n) is 2.89. The van der Waals surface area contributed by atoms with Crippen LogP contribution in [0.15, 0.2) is 18.5 Å². The van der Waals surface area contributed by atoms with Crippen molar-refractivity contribution in [1.29, 1.82) is 0 Å². The highest BCUT2D eigenvalue weighted by Crippen LogP contribution is 2.28. The number of amides is 1. The Morgan fingerprint density at radius 2 is 2.26 bits per heavy atom. The van der Waals surface area contributed by atoms with Crippen LogP contribution in [0.5, 0.6) is 0 Å². The molecular weight excluding hydrogens is 238 g/mol. The lowest BCUT2D eigenvalue weighted by Gasteiger charge is -2.34. The van der Waals surface area contributed by atoms with E-state index in [2.05, 4.69) is 17.2 Å². The Balaban J connectivity index is 2.14. The predicted octanol–water partition coefficient (Wildman–Crippen LogP) is 2.77. The summed E-state index contributed by atoms with van der Waals surface area (Å²) in [6.07, 6.45) is 8.07. The molecule has 0 spiro atoms. The van der Waals surface area contributed by atoms with Crippen LogP contribution in [0.3, 0.4) is 0 Å². The van der Waals surface area contributed by atoms with Crippen molar-refractivity contribution in [2.45, 2.75) is 38.6 Å². The molecule has 0 bridgehead atoms. The van der Waals surface area contributed by atoms with E-state index < -0.39 is 0 Å². The van der Waals surface area contributed by atoms with Gasteiger partial charge in [0.2, 0.25) is 0 Å². The molecule has 2 rings (SSSR count). The van der Waals surface area contributed by atoms with Crippen LogP contribution in [-0.4, -0.2) is 35.9 Å². The van der Waals surface area contributed by atoms with Crippen LogP contribution in [0.2, 0.25) is 0 Å². The minimum absolute atomic E-state index is 0.0663. The van der Waals surface area contributed by atoms with Gasteiger partial charge in [0.05, 0.1) is 5.56 Å². The Kier molecular flexibility index (Phi) is 4.40.